The average Bonchev–Trinajstić information content (AvgIpc) is 2.52. The van der Waals surface area contributed by atoms with Crippen LogP contribution in [0.5, 0.6) is 0 Å². The van der Waals surface area contributed by atoms with E-state index < -0.39 is 0 Å². The number of aromatic nitrogens is 1. The summed E-state index contributed by atoms with van der Waals surface area (Å²) in [7, 11) is 3.46. The summed E-state index contributed by atoms with van der Waals surface area (Å²) in [5.74, 6) is -0.358. The molecule has 0 unspecified atom stereocenters. The fourth-order valence-corrected chi connectivity index (χ4v) is 1.47. The molecular formula is C12H15N3O. The highest BCUT2D eigenvalue weighted by molar-refractivity contribution is 6.01. The zero-order chi connectivity index (χ0) is 12.3. The summed E-state index contributed by atoms with van der Waals surface area (Å²) >= 11 is 0. The van der Waals surface area contributed by atoms with E-state index >= 15 is 0 Å². The molecule has 0 aliphatic carbocycles. The molecule has 1 heterocycles. The molecule has 0 radical (unpaired) electrons. The van der Waals surface area contributed by atoms with Gasteiger partial charge >= 0.3 is 0 Å². The Labute approximate surface area is 95.2 Å². The minimum absolute atomic E-state index is 0.121. The van der Waals surface area contributed by atoms with E-state index in [1.54, 1.807) is 6.08 Å². The summed E-state index contributed by atoms with van der Waals surface area (Å²) < 4.78 is 2.02. The van der Waals surface area contributed by atoms with Gasteiger partial charge in [-0.25, -0.2) is 0 Å². The van der Waals surface area contributed by atoms with E-state index in [0.717, 1.165) is 17.0 Å². The third kappa shape index (κ3) is 2.14. The molecule has 1 amide bonds. The van der Waals surface area contributed by atoms with Crippen molar-refractivity contribution >= 4 is 12.0 Å². The van der Waals surface area contributed by atoms with Crippen molar-refractivity contribution in [3.8, 4) is 6.07 Å². The number of rotatable bonds is 2. The Bertz CT molecular complexity index is 489. The van der Waals surface area contributed by atoms with E-state index in [1.165, 1.54) is 7.05 Å². The second-order valence-electron chi connectivity index (χ2n) is 3.63. The predicted octanol–water partition coefficient (Wildman–Crippen LogP) is 1.29. The Morgan fingerprint density at radius 1 is 1.56 bits per heavy atom. The molecule has 0 aliphatic rings. The Morgan fingerprint density at radius 3 is 2.56 bits per heavy atom. The third-order valence-electron chi connectivity index (χ3n) is 2.71. The molecule has 0 atom stereocenters. The molecule has 16 heavy (non-hydrogen) atoms. The summed E-state index contributed by atoms with van der Waals surface area (Å²) in [5, 5.41) is 11.3. The van der Waals surface area contributed by atoms with Crippen molar-refractivity contribution in [2.75, 3.05) is 7.05 Å². The van der Waals surface area contributed by atoms with Crippen molar-refractivity contribution < 1.29 is 4.79 Å². The summed E-state index contributed by atoms with van der Waals surface area (Å²) in [6, 6.07) is 3.85. The van der Waals surface area contributed by atoms with Crippen LogP contribution in [-0.2, 0) is 11.8 Å². The number of aryl methyl sites for hydroxylation is 1. The van der Waals surface area contributed by atoms with Crippen LogP contribution >= 0.6 is 0 Å². The first-order valence-corrected chi connectivity index (χ1v) is 4.98. The van der Waals surface area contributed by atoms with Gasteiger partial charge in [-0.2, -0.15) is 5.26 Å². The van der Waals surface area contributed by atoms with Gasteiger partial charge in [0.1, 0.15) is 11.6 Å². The van der Waals surface area contributed by atoms with Crippen LogP contribution in [-0.4, -0.2) is 17.5 Å². The summed E-state index contributed by atoms with van der Waals surface area (Å²) in [4.78, 5) is 11.3. The molecule has 1 N–H and O–H groups in total. The Kier molecular flexibility index (Phi) is 3.51. The number of nitriles is 1. The van der Waals surface area contributed by atoms with Crippen molar-refractivity contribution in [3.05, 3.63) is 28.6 Å². The topological polar surface area (TPSA) is 57.8 Å². The van der Waals surface area contributed by atoms with Gasteiger partial charge in [-0.3, -0.25) is 4.79 Å². The van der Waals surface area contributed by atoms with E-state index in [1.807, 2.05) is 37.6 Å². The molecule has 0 aromatic carbocycles. The van der Waals surface area contributed by atoms with E-state index in [-0.39, 0.29) is 11.5 Å². The van der Waals surface area contributed by atoms with Gasteiger partial charge in [0, 0.05) is 25.5 Å². The van der Waals surface area contributed by atoms with Crippen molar-refractivity contribution in [2.24, 2.45) is 7.05 Å². The summed E-state index contributed by atoms with van der Waals surface area (Å²) in [5.41, 5.74) is 3.16. The monoisotopic (exact) mass is 217 g/mol. The highest BCUT2D eigenvalue weighted by atomic mass is 16.1. The molecule has 0 spiro atoms. The van der Waals surface area contributed by atoms with Crippen LogP contribution in [0.1, 0.15) is 17.0 Å². The van der Waals surface area contributed by atoms with Gasteiger partial charge in [-0.15, -0.1) is 0 Å². The number of nitrogens with one attached hydrogen (secondary N) is 1. The molecule has 84 valence electrons. The lowest BCUT2D eigenvalue weighted by Crippen LogP contribution is -2.19. The van der Waals surface area contributed by atoms with Gasteiger partial charge in [0.15, 0.2) is 0 Å². The first kappa shape index (κ1) is 12.1. The van der Waals surface area contributed by atoms with Gasteiger partial charge < -0.3 is 9.88 Å². The fourth-order valence-electron chi connectivity index (χ4n) is 1.47. The van der Waals surface area contributed by atoms with Crippen molar-refractivity contribution in [3.63, 3.8) is 0 Å². The molecule has 1 aromatic rings. The fraction of sp³-hybridized carbons (Fsp3) is 0.333. The predicted molar refractivity (Wildman–Crippen MR) is 62.5 cm³/mol. The smallest absolute Gasteiger partial charge is 0.261 e. The lowest BCUT2D eigenvalue weighted by Gasteiger charge is -2.00. The van der Waals surface area contributed by atoms with Crippen molar-refractivity contribution in [2.45, 2.75) is 13.8 Å². The zero-order valence-corrected chi connectivity index (χ0v) is 9.96. The van der Waals surface area contributed by atoms with E-state index in [4.69, 9.17) is 5.26 Å². The largest absolute Gasteiger partial charge is 0.354 e. The molecule has 1 aromatic heterocycles. The van der Waals surface area contributed by atoms with Gasteiger partial charge in [-0.1, -0.05) is 0 Å². The maximum atomic E-state index is 11.3. The van der Waals surface area contributed by atoms with Gasteiger partial charge in [0.2, 0.25) is 0 Å². The number of carbonyl (C=O) groups excluding carboxylic acids is 1. The first-order valence-electron chi connectivity index (χ1n) is 4.98. The SMILES string of the molecule is CNC(=O)/C(C#N)=C/c1cc(C)n(C)c1C. The van der Waals surface area contributed by atoms with Crippen LogP contribution in [0.25, 0.3) is 6.08 Å². The Morgan fingerprint density at radius 2 is 2.19 bits per heavy atom. The van der Waals surface area contributed by atoms with E-state index in [2.05, 4.69) is 5.32 Å². The Balaban J connectivity index is 3.20. The van der Waals surface area contributed by atoms with Crippen LogP contribution in [0.2, 0.25) is 0 Å². The van der Waals surface area contributed by atoms with Gasteiger partial charge in [0.05, 0.1) is 0 Å². The number of carbonyl (C=O) groups is 1. The molecule has 0 fully saturated rings. The molecule has 0 saturated heterocycles. The van der Waals surface area contributed by atoms with Crippen molar-refractivity contribution in [1.29, 1.82) is 5.26 Å². The molecule has 0 bridgehead atoms. The van der Waals surface area contributed by atoms with Crippen LogP contribution < -0.4 is 5.32 Å². The summed E-state index contributed by atoms with van der Waals surface area (Å²) in [6.07, 6.45) is 1.61. The number of nitrogens with zero attached hydrogens (tertiary/aromatic N) is 2. The highest BCUT2D eigenvalue weighted by Gasteiger charge is 2.09. The normalized spacial score (nSPS) is 11.1. The number of hydrogen-bond donors (Lipinski definition) is 1. The molecular weight excluding hydrogens is 202 g/mol. The first-order chi connectivity index (χ1) is 7.51. The molecule has 0 saturated carbocycles. The second kappa shape index (κ2) is 4.67. The van der Waals surface area contributed by atoms with Crippen LogP contribution in [0.3, 0.4) is 0 Å². The third-order valence-corrected chi connectivity index (χ3v) is 2.71. The lowest BCUT2D eigenvalue weighted by atomic mass is 10.1. The lowest BCUT2D eigenvalue weighted by molar-refractivity contribution is -0.116. The van der Waals surface area contributed by atoms with Crippen LogP contribution in [0.15, 0.2) is 11.6 Å². The maximum Gasteiger partial charge on any atom is 0.261 e. The zero-order valence-electron chi connectivity index (χ0n) is 9.96. The van der Waals surface area contributed by atoms with Gasteiger partial charge in [-0.05, 0) is 31.6 Å². The van der Waals surface area contributed by atoms with Gasteiger partial charge in [0.25, 0.3) is 5.91 Å². The molecule has 1 rings (SSSR count). The Hall–Kier alpha value is -2.02. The van der Waals surface area contributed by atoms with Crippen LogP contribution in [0, 0.1) is 25.2 Å². The minimum Gasteiger partial charge on any atom is -0.354 e. The molecule has 0 aliphatic heterocycles. The summed E-state index contributed by atoms with van der Waals surface area (Å²) in [6.45, 7) is 3.94. The highest BCUT2D eigenvalue weighted by Crippen LogP contribution is 2.16. The maximum absolute atomic E-state index is 11.3. The molecule has 4 nitrogen and oxygen atoms in total. The number of hydrogen-bond acceptors (Lipinski definition) is 2. The van der Waals surface area contributed by atoms with Crippen LogP contribution in [0.4, 0.5) is 0 Å². The van der Waals surface area contributed by atoms with E-state index in [0.29, 0.717) is 0 Å². The number of amides is 1. The second-order valence-corrected chi connectivity index (χ2v) is 3.63. The average molecular weight is 217 g/mol. The quantitative estimate of drug-likeness (QED) is 0.599. The molecule has 4 heteroatoms. The van der Waals surface area contributed by atoms with E-state index in [9.17, 15) is 4.79 Å². The number of likely N-dealkylation sites (N-methyl/N-ethyl adjacent to an activating group) is 1. The minimum atomic E-state index is -0.358. The standard InChI is InChI=1S/C12H15N3O/c1-8-5-10(9(2)15(8)4)6-11(7-13)12(16)14-3/h5-6H,1-4H3,(H,14,16)/b11-6+. The van der Waals surface area contributed by atoms with Crippen molar-refractivity contribution in [1.82, 2.24) is 9.88 Å².